The maximum Gasteiger partial charge on any atom is 0.120 e. The topological polar surface area (TPSA) is 9.23 Å². The van der Waals surface area contributed by atoms with E-state index in [1.807, 2.05) is 0 Å². The third kappa shape index (κ3) is 4.87. The zero-order chi connectivity index (χ0) is 17.5. The van der Waals surface area contributed by atoms with Gasteiger partial charge in [-0.15, -0.1) is 0 Å². The lowest BCUT2D eigenvalue weighted by atomic mass is 9.77. The highest BCUT2D eigenvalue weighted by Gasteiger charge is 2.22. The Labute approximate surface area is 153 Å². The summed E-state index contributed by atoms with van der Waals surface area (Å²) in [6.45, 7) is 6.56. The van der Waals surface area contributed by atoms with Crippen LogP contribution in [0, 0.1) is 5.92 Å². The molecule has 1 aliphatic carbocycles. The van der Waals surface area contributed by atoms with Crippen molar-refractivity contribution in [2.24, 2.45) is 5.92 Å². The van der Waals surface area contributed by atoms with E-state index in [9.17, 15) is 0 Å². The predicted molar refractivity (Wildman–Crippen MR) is 108 cm³/mol. The predicted octanol–water partition coefficient (Wildman–Crippen LogP) is 7.26. The average molecular weight is 337 g/mol. The van der Waals surface area contributed by atoms with Gasteiger partial charge in [0.15, 0.2) is 0 Å². The monoisotopic (exact) mass is 336 g/mol. The van der Waals surface area contributed by atoms with Crippen LogP contribution >= 0.6 is 0 Å². The first-order valence-electron chi connectivity index (χ1n) is 10.1. The Kier molecular flexibility index (Phi) is 6.55. The molecule has 1 heteroatoms. The van der Waals surface area contributed by atoms with Crippen molar-refractivity contribution in [2.45, 2.75) is 64.2 Å². The van der Waals surface area contributed by atoms with Crippen LogP contribution in [0.1, 0.15) is 69.8 Å². The number of ether oxygens (including phenoxy) is 1. The highest BCUT2D eigenvalue weighted by atomic mass is 16.5. The second-order valence-electron chi connectivity index (χ2n) is 7.58. The Bertz CT molecular complexity index is 680. The molecule has 1 saturated carbocycles. The first-order chi connectivity index (χ1) is 12.3. The van der Waals surface area contributed by atoms with Gasteiger partial charge in [0, 0.05) is 0 Å². The second kappa shape index (κ2) is 9.08. The standard InChI is InChI=1S/C24H32O/c1-3-5-6-7-19-8-10-20(11-9-19)21-12-13-23-18-24(25-16-4-2)15-14-22(23)17-21/h4,12-15,17-20H,2-3,5-11,16H2,1H3. The number of hydrogen-bond acceptors (Lipinski definition) is 1. The molecule has 3 rings (SSSR count). The summed E-state index contributed by atoms with van der Waals surface area (Å²) in [6, 6.07) is 13.4. The summed E-state index contributed by atoms with van der Waals surface area (Å²) in [4.78, 5) is 0. The molecule has 1 aliphatic rings. The van der Waals surface area contributed by atoms with Crippen molar-refractivity contribution in [3.05, 3.63) is 54.6 Å². The molecule has 0 bridgehead atoms. The normalized spacial score (nSPS) is 20.5. The van der Waals surface area contributed by atoms with Crippen LogP contribution in [0.25, 0.3) is 10.8 Å². The number of hydrogen-bond donors (Lipinski definition) is 0. The van der Waals surface area contributed by atoms with Crippen molar-refractivity contribution in [3.63, 3.8) is 0 Å². The van der Waals surface area contributed by atoms with Gasteiger partial charge >= 0.3 is 0 Å². The first-order valence-corrected chi connectivity index (χ1v) is 10.1. The summed E-state index contributed by atoms with van der Waals surface area (Å²) in [7, 11) is 0. The molecular weight excluding hydrogens is 304 g/mol. The minimum atomic E-state index is 0.561. The van der Waals surface area contributed by atoms with Crippen LogP contribution in [0.3, 0.4) is 0 Å². The zero-order valence-electron chi connectivity index (χ0n) is 15.7. The Balaban J connectivity index is 1.61. The molecule has 0 unspecified atom stereocenters. The summed E-state index contributed by atoms with van der Waals surface area (Å²) < 4.78 is 5.64. The fourth-order valence-electron chi connectivity index (χ4n) is 4.21. The lowest BCUT2D eigenvalue weighted by molar-refractivity contribution is 0.303. The van der Waals surface area contributed by atoms with E-state index in [0.29, 0.717) is 6.61 Å². The first kappa shape index (κ1) is 18.0. The van der Waals surface area contributed by atoms with E-state index in [0.717, 1.165) is 17.6 Å². The minimum absolute atomic E-state index is 0.561. The third-order valence-electron chi connectivity index (χ3n) is 5.74. The summed E-state index contributed by atoms with van der Waals surface area (Å²) in [5, 5.41) is 2.59. The van der Waals surface area contributed by atoms with Gasteiger partial charge in [-0.3, -0.25) is 0 Å². The van der Waals surface area contributed by atoms with Gasteiger partial charge in [0.25, 0.3) is 0 Å². The van der Waals surface area contributed by atoms with Crippen molar-refractivity contribution in [1.29, 1.82) is 0 Å². The molecule has 134 valence electrons. The van der Waals surface area contributed by atoms with Crippen molar-refractivity contribution >= 4 is 10.8 Å². The van der Waals surface area contributed by atoms with Crippen molar-refractivity contribution in [1.82, 2.24) is 0 Å². The molecule has 0 amide bonds. The van der Waals surface area contributed by atoms with Gasteiger partial charge in [-0.2, -0.15) is 0 Å². The van der Waals surface area contributed by atoms with Gasteiger partial charge in [0.1, 0.15) is 12.4 Å². The quantitative estimate of drug-likeness (QED) is 0.364. The van der Waals surface area contributed by atoms with Crippen LogP contribution in [0.2, 0.25) is 0 Å². The molecule has 1 fully saturated rings. The van der Waals surface area contributed by atoms with Crippen LogP contribution in [-0.4, -0.2) is 6.61 Å². The van der Waals surface area contributed by atoms with Crippen LogP contribution in [0.15, 0.2) is 49.1 Å². The molecule has 0 aromatic heterocycles. The number of fused-ring (bicyclic) bond motifs is 1. The molecular formula is C24H32O. The van der Waals surface area contributed by atoms with E-state index >= 15 is 0 Å². The van der Waals surface area contributed by atoms with Crippen molar-refractivity contribution < 1.29 is 4.74 Å². The molecule has 0 spiro atoms. The zero-order valence-corrected chi connectivity index (χ0v) is 15.7. The summed E-state index contributed by atoms with van der Waals surface area (Å²) in [5.74, 6) is 2.66. The number of benzene rings is 2. The number of unbranched alkanes of at least 4 members (excludes halogenated alkanes) is 2. The van der Waals surface area contributed by atoms with Crippen LogP contribution in [-0.2, 0) is 0 Å². The van der Waals surface area contributed by atoms with E-state index in [2.05, 4.69) is 49.9 Å². The largest absolute Gasteiger partial charge is 0.490 e. The average Bonchev–Trinajstić information content (AvgIpc) is 2.66. The van der Waals surface area contributed by atoms with Crippen molar-refractivity contribution in [2.75, 3.05) is 6.61 Å². The number of rotatable bonds is 8. The Hall–Kier alpha value is -1.76. The molecule has 2 aromatic rings. The van der Waals surface area contributed by atoms with Crippen LogP contribution in [0.5, 0.6) is 5.75 Å². The van der Waals surface area contributed by atoms with Gasteiger partial charge < -0.3 is 4.74 Å². The van der Waals surface area contributed by atoms with Gasteiger partial charge in [0.2, 0.25) is 0 Å². The molecule has 0 radical (unpaired) electrons. The maximum atomic E-state index is 5.64. The molecule has 25 heavy (non-hydrogen) atoms. The Morgan fingerprint density at radius 1 is 1.00 bits per heavy atom. The summed E-state index contributed by atoms with van der Waals surface area (Å²) >= 11 is 0. The van der Waals surface area contributed by atoms with Crippen molar-refractivity contribution in [3.8, 4) is 5.75 Å². The fourth-order valence-corrected chi connectivity index (χ4v) is 4.21. The SMILES string of the molecule is C=CCOc1ccc2cc(C3CCC(CCCCC)CC3)ccc2c1. The minimum Gasteiger partial charge on any atom is -0.490 e. The fraction of sp³-hybridized carbons (Fsp3) is 0.500. The van der Waals surface area contributed by atoms with Crippen LogP contribution < -0.4 is 4.74 Å². The van der Waals surface area contributed by atoms with Gasteiger partial charge in [-0.1, -0.05) is 69.5 Å². The van der Waals surface area contributed by atoms with Gasteiger partial charge in [-0.25, -0.2) is 0 Å². The van der Waals surface area contributed by atoms with E-state index in [-0.39, 0.29) is 0 Å². The lowest BCUT2D eigenvalue weighted by Crippen LogP contribution is -2.13. The summed E-state index contributed by atoms with van der Waals surface area (Å²) in [6.07, 6.45) is 13.0. The van der Waals surface area contributed by atoms with Gasteiger partial charge in [-0.05, 0) is 66.0 Å². The highest BCUT2D eigenvalue weighted by molar-refractivity contribution is 5.84. The summed E-state index contributed by atoms with van der Waals surface area (Å²) in [5.41, 5.74) is 1.53. The molecule has 0 aliphatic heterocycles. The molecule has 2 aromatic carbocycles. The maximum absolute atomic E-state index is 5.64. The second-order valence-corrected chi connectivity index (χ2v) is 7.58. The van der Waals surface area contributed by atoms with E-state index < -0.39 is 0 Å². The van der Waals surface area contributed by atoms with E-state index in [1.165, 1.54) is 67.7 Å². The molecule has 0 N–H and O–H groups in total. The lowest BCUT2D eigenvalue weighted by Gasteiger charge is -2.29. The van der Waals surface area contributed by atoms with E-state index in [1.54, 1.807) is 6.08 Å². The molecule has 0 atom stereocenters. The Morgan fingerprint density at radius 3 is 2.52 bits per heavy atom. The smallest absolute Gasteiger partial charge is 0.120 e. The molecule has 0 saturated heterocycles. The Morgan fingerprint density at radius 2 is 1.76 bits per heavy atom. The third-order valence-corrected chi connectivity index (χ3v) is 5.74. The van der Waals surface area contributed by atoms with Gasteiger partial charge in [0.05, 0.1) is 0 Å². The molecule has 1 nitrogen and oxygen atoms in total. The highest BCUT2D eigenvalue weighted by Crippen LogP contribution is 2.38. The molecule has 0 heterocycles. The van der Waals surface area contributed by atoms with Crippen LogP contribution in [0.4, 0.5) is 0 Å². The van der Waals surface area contributed by atoms with E-state index in [4.69, 9.17) is 4.74 Å².